The van der Waals surface area contributed by atoms with Crippen molar-refractivity contribution in [2.45, 2.75) is 19.3 Å². The molecule has 0 unspecified atom stereocenters. The SMILES string of the molecule is O=C(CCc1ccc(F)cc1)N1CCN(C(=O)CCN2CCOCC2)CC1. The molecular weight excluding hydrogens is 349 g/mol. The van der Waals surface area contributed by atoms with Gasteiger partial charge in [0.05, 0.1) is 13.2 Å². The highest BCUT2D eigenvalue weighted by Crippen LogP contribution is 2.10. The Labute approximate surface area is 159 Å². The predicted octanol–water partition coefficient (Wildman–Crippen LogP) is 1.15. The second kappa shape index (κ2) is 9.80. The number of rotatable bonds is 6. The summed E-state index contributed by atoms with van der Waals surface area (Å²) < 4.78 is 18.2. The second-order valence-electron chi connectivity index (χ2n) is 7.09. The van der Waals surface area contributed by atoms with Gasteiger partial charge in [-0.2, -0.15) is 0 Å². The maximum Gasteiger partial charge on any atom is 0.223 e. The quantitative estimate of drug-likeness (QED) is 0.746. The van der Waals surface area contributed by atoms with Crippen molar-refractivity contribution in [2.24, 2.45) is 0 Å². The number of hydrogen-bond donors (Lipinski definition) is 0. The molecule has 148 valence electrons. The van der Waals surface area contributed by atoms with Crippen LogP contribution in [0.3, 0.4) is 0 Å². The number of carbonyl (C=O) groups is 2. The Morgan fingerprint density at radius 1 is 0.852 bits per heavy atom. The minimum absolute atomic E-state index is 0.0970. The zero-order chi connectivity index (χ0) is 19.1. The monoisotopic (exact) mass is 377 g/mol. The molecule has 27 heavy (non-hydrogen) atoms. The summed E-state index contributed by atoms with van der Waals surface area (Å²) >= 11 is 0. The molecule has 1 aromatic rings. The van der Waals surface area contributed by atoms with E-state index < -0.39 is 0 Å². The molecule has 3 rings (SSSR count). The highest BCUT2D eigenvalue weighted by molar-refractivity contribution is 5.78. The van der Waals surface area contributed by atoms with Gasteiger partial charge in [0.25, 0.3) is 0 Å². The molecule has 0 spiro atoms. The van der Waals surface area contributed by atoms with Gasteiger partial charge in [0.15, 0.2) is 0 Å². The van der Waals surface area contributed by atoms with Crippen molar-refractivity contribution in [1.29, 1.82) is 0 Å². The van der Waals surface area contributed by atoms with Crippen LogP contribution in [-0.4, -0.2) is 85.5 Å². The third-order valence-corrected chi connectivity index (χ3v) is 5.27. The minimum atomic E-state index is -0.264. The number of benzene rings is 1. The van der Waals surface area contributed by atoms with Crippen LogP contribution in [0.15, 0.2) is 24.3 Å². The Hall–Kier alpha value is -1.99. The molecule has 1 aromatic carbocycles. The zero-order valence-corrected chi connectivity index (χ0v) is 15.7. The van der Waals surface area contributed by atoms with E-state index in [1.807, 2.05) is 9.80 Å². The fourth-order valence-electron chi connectivity index (χ4n) is 3.50. The number of carbonyl (C=O) groups excluding carboxylic acids is 2. The van der Waals surface area contributed by atoms with E-state index in [1.165, 1.54) is 12.1 Å². The van der Waals surface area contributed by atoms with Gasteiger partial charge >= 0.3 is 0 Å². The number of halogens is 1. The van der Waals surface area contributed by atoms with Crippen LogP contribution < -0.4 is 0 Å². The van der Waals surface area contributed by atoms with E-state index in [-0.39, 0.29) is 17.6 Å². The number of amides is 2. The molecule has 0 atom stereocenters. The van der Waals surface area contributed by atoms with Crippen molar-refractivity contribution in [2.75, 3.05) is 59.0 Å². The molecule has 2 aliphatic heterocycles. The van der Waals surface area contributed by atoms with E-state index in [2.05, 4.69) is 4.90 Å². The first-order valence-electron chi connectivity index (χ1n) is 9.72. The van der Waals surface area contributed by atoms with Gasteiger partial charge in [0.1, 0.15) is 5.82 Å². The van der Waals surface area contributed by atoms with Crippen molar-refractivity contribution < 1.29 is 18.7 Å². The Balaban J connectivity index is 1.35. The second-order valence-corrected chi connectivity index (χ2v) is 7.09. The van der Waals surface area contributed by atoms with Gasteiger partial charge in [0, 0.05) is 58.7 Å². The zero-order valence-electron chi connectivity index (χ0n) is 15.7. The Morgan fingerprint density at radius 2 is 1.41 bits per heavy atom. The Morgan fingerprint density at radius 3 is 2.00 bits per heavy atom. The van der Waals surface area contributed by atoms with Gasteiger partial charge in [-0.05, 0) is 24.1 Å². The largest absolute Gasteiger partial charge is 0.379 e. The number of hydrogen-bond acceptors (Lipinski definition) is 4. The number of piperazine rings is 1. The first kappa shape index (κ1) is 19.8. The molecule has 0 bridgehead atoms. The van der Waals surface area contributed by atoms with Crippen LogP contribution in [0.5, 0.6) is 0 Å². The summed E-state index contributed by atoms with van der Waals surface area (Å²) in [7, 11) is 0. The van der Waals surface area contributed by atoms with E-state index in [1.54, 1.807) is 12.1 Å². The lowest BCUT2D eigenvalue weighted by molar-refractivity contribution is -0.139. The number of aryl methyl sites for hydroxylation is 1. The molecule has 2 heterocycles. The van der Waals surface area contributed by atoms with Crippen molar-refractivity contribution in [3.63, 3.8) is 0 Å². The lowest BCUT2D eigenvalue weighted by Crippen LogP contribution is -2.51. The van der Waals surface area contributed by atoms with E-state index in [0.717, 1.165) is 38.4 Å². The van der Waals surface area contributed by atoms with Crippen LogP contribution in [0.2, 0.25) is 0 Å². The van der Waals surface area contributed by atoms with Crippen molar-refractivity contribution in [1.82, 2.24) is 14.7 Å². The smallest absolute Gasteiger partial charge is 0.223 e. The molecule has 7 heteroatoms. The van der Waals surface area contributed by atoms with Crippen LogP contribution in [0.4, 0.5) is 4.39 Å². The normalized spacial score (nSPS) is 18.6. The average molecular weight is 377 g/mol. The highest BCUT2D eigenvalue weighted by Gasteiger charge is 2.24. The van der Waals surface area contributed by atoms with Gasteiger partial charge in [-0.25, -0.2) is 4.39 Å². The number of morpholine rings is 1. The average Bonchev–Trinajstić information content (AvgIpc) is 2.72. The summed E-state index contributed by atoms with van der Waals surface area (Å²) in [6.45, 7) is 6.43. The first-order chi connectivity index (χ1) is 13.1. The lowest BCUT2D eigenvalue weighted by atomic mass is 10.1. The van der Waals surface area contributed by atoms with Gasteiger partial charge in [-0.3, -0.25) is 14.5 Å². The standard InChI is InChI=1S/C20H28FN3O3/c21-18-4-1-17(2-5-18)3-6-19(25)23-9-11-24(12-10-23)20(26)7-8-22-13-15-27-16-14-22/h1-2,4-5H,3,6-16H2. The van der Waals surface area contributed by atoms with Gasteiger partial charge in [-0.15, -0.1) is 0 Å². The van der Waals surface area contributed by atoms with Crippen LogP contribution in [-0.2, 0) is 20.7 Å². The molecule has 0 saturated carbocycles. The molecule has 2 amide bonds. The third-order valence-electron chi connectivity index (χ3n) is 5.27. The molecular formula is C20H28FN3O3. The molecule has 6 nitrogen and oxygen atoms in total. The number of ether oxygens (including phenoxy) is 1. The van der Waals surface area contributed by atoms with Gasteiger partial charge in [0.2, 0.25) is 11.8 Å². The summed E-state index contributed by atoms with van der Waals surface area (Å²) in [4.78, 5) is 30.7. The van der Waals surface area contributed by atoms with Gasteiger partial charge < -0.3 is 14.5 Å². The summed E-state index contributed by atoms with van der Waals surface area (Å²) in [5, 5.41) is 0. The molecule has 2 aliphatic rings. The topological polar surface area (TPSA) is 53.1 Å². The maximum atomic E-state index is 12.9. The highest BCUT2D eigenvalue weighted by atomic mass is 19.1. The van der Waals surface area contributed by atoms with Crippen LogP contribution >= 0.6 is 0 Å². The van der Waals surface area contributed by atoms with E-state index >= 15 is 0 Å². The van der Waals surface area contributed by atoms with Crippen LogP contribution in [0.25, 0.3) is 0 Å². The fourth-order valence-corrected chi connectivity index (χ4v) is 3.50. The summed E-state index contributed by atoms with van der Waals surface area (Å²) in [5.74, 6) is -0.000806. The summed E-state index contributed by atoms with van der Waals surface area (Å²) in [6, 6.07) is 6.27. The molecule has 0 aromatic heterocycles. The minimum Gasteiger partial charge on any atom is -0.379 e. The van der Waals surface area contributed by atoms with Gasteiger partial charge in [-0.1, -0.05) is 12.1 Å². The van der Waals surface area contributed by atoms with Crippen molar-refractivity contribution in [3.8, 4) is 0 Å². The van der Waals surface area contributed by atoms with Crippen molar-refractivity contribution in [3.05, 3.63) is 35.6 Å². The van der Waals surface area contributed by atoms with E-state index in [4.69, 9.17) is 4.74 Å². The number of nitrogens with zero attached hydrogens (tertiary/aromatic N) is 3. The molecule has 2 fully saturated rings. The lowest BCUT2D eigenvalue weighted by Gasteiger charge is -2.35. The van der Waals surface area contributed by atoms with E-state index in [9.17, 15) is 14.0 Å². The fraction of sp³-hybridized carbons (Fsp3) is 0.600. The van der Waals surface area contributed by atoms with Crippen LogP contribution in [0.1, 0.15) is 18.4 Å². The predicted molar refractivity (Wildman–Crippen MR) is 99.8 cm³/mol. The van der Waals surface area contributed by atoms with Crippen LogP contribution in [0, 0.1) is 5.82 Å². The van der Waals surface area contributed by atoms with Crippen molar-refractivity contribution >= 4 is 11.8 Å². The molecule has 0 aliphatic carbocycles. The van der Waals surface area contributed by atoms with E-state index in [0.29, 0.717) is 45.4 Å². The Bertz CT molecular complexity index is 624. The molecule has 2 saturated heterocycles. The maximum absolute atomic E-state index is 12.9. The summed E-state index contributed by atoms with van der Waals surface area (Å²) in [5.41, 5.74) is 0.960. The summed E-state index contributed by atoms with van der Waals surface area (Å²) in [6.07, 6.45) is 1.55. The molecule has 0 radical (unpaired) electrons. The Kier molecular flexibility index (Phi) is 7.18. The first-order valence-corrected chi connectivity index (χ1v) is 9.72. The molecule has 0 N–H and O–H groups in total. The third kappa shape index (κ3) is 6.01.